The van der Waals surface area contributed by atoms with Gasteiger partial charge >= 0.3 is 0 Å². The maximum absolute atomic E-state index is 9.01. The van der Waals surface area contributed by atoms with Crippen molar-refractivity contribution in [3.05, 3.63) is 59.2 Å². The topological polar surface area (TPSA) is 38.7 Å². The lowest BCUT2D eigenvalue weighted by molar-refractivity contribution is 0.288. The zero-order valence-corrected chi connectivity index (χ0v) is 13.3. The van der Waals surface area contributed by atoms with Crippen molar-refractivity contribution in [1.29, 1.82) is 0 Å². The van der Waals surface area contributed by atoms with E-state index in [0.29, 0.717) is 0 Å². The Balaban J connectivity index is 2.09. The first kappa shape index (κ1) is 16.4. The Bertz CT molecular complexity index is 571. The molecule has 0 atom stereocenters. The predicted octanol–water partition coefficient (Wildman–Crippen LogP) is 3.41. The summed E-state index contributed by atoms with van der Waals surface area (Å²) in [7, 11) is 3.34. The van der Waals surface area contributed by atoms with Crippen LogP contribution in [0.4, 0.5) is 0 Å². The Morgan fingerprint density at radius 1 is 0.818 bits per heavy atom. The monoisotopic (exact) mass is 300 g/mol. The van der Waals surface area contributed by atoms with Crippen LogP contribution in [-0.4, -0.2) is 25.9 Å². The summed E-state index contributed by atoms with van der Waals surface area (Å²) in [5, 5.41) is 9.01. The first-order valence-electron chi connectivity index (χ1n) is 7.66. The third-order valence-corrected chi connectivity index (χ3v) is 3.82. The van der Waals surface area contributed by atoms with E-state index in [-0.39, 0.29) is 6.61 Å². The number of hydrogen-bond donors (Lipinski definition) is 1. The van der Waals surface area contributed by atoms with E-state index in [4.69, 9.17) is 14.6 Å². The number of rotatable bonds is 8. The van der Waals surface area contributed by atoms with Crippen molar-refractivity contribution in [2.75, 3.05) is 20.8 Å². The van der Waals surface area contributed by atoms with Crippen molar-refractivity contribution >= 4 is 0 Å². The molecule has 0 aromatic heterocycles. The van der Waals surface area contributed by atoms with Crippen molar-refractivity contribution in [2.45, 2.75) is 25.7 Å². The van der Waals surface area contributed by atoms with Crippen molar-refractivity contribution in [2.24, 2.45) is 0 Å². The largest absolute Gasteiger partial charge is 0.497 e. The van der Waals surface area contributed by atoms with Crippen LogP contribution in [0.15, 0.2) is 42.5 Å². The highest BCUT2D eigenvalue weighted by Gasteiger charge is 2.05. The molecule has 0 radical (unpaired) electrons. The summed E-state index contributed by atoms with van der Waals surface area (Å²) in [4.78, 5) is 0. The second kappa shape index (κ2) is 8.44. The highest BCUT2D eigenvalue weighted by atomic mass is 16.5. The molecule has 0 aliphatic carbocycles. The Labute approximate surface area is 132 Å². The van der Waals surface area contributed by atoms with E-state index < -0.39 is 0 Å². The van der Waals surface area contributed by atoms with Gasteiger partial charge in [0.1, 0.15) is 11.5 Å². The molecular weight excluding hydrogens is 276 g/mol. The van der Waals surface area contributed by atoms with Crippen LogP contribution in [0.25, 0.3) is 0 Å². The summed E-state index contributed by atoms with van der Waals surface area (Å²) < 4.78 is 10.6. The molecule has 0 aliphatic rings. The molecule has 118 valence electrons. The molecule has 0 bridgehead atoms. The molecule has 0 aliphatic heterocycles. The molecular formula is C19H24O3. The molecule has 3 heteroatoms. The lowest BCUT2D eigenvalue weighted by atomic mass is 9.97. The second-order valence-electron chi connectivity index (χ2n) is 5.32. The van der Waals surface area contributed by atoms with Gasteiger partial charge < -0.3 is 14.6 Å². The molecule has 0 unspecified atom stereocenters. The summed E-state index contributed by atoms with van der Waals surface area (Å²) in [6, 6.07) is 14.5. The van der Waals surface area contributed by atoms with E-state index in [0.717, 1.165) is 37.2 Å². The minimum atomic E-state index is 0.238. The molecule has 0 saturated carbocycles. The smallest absolute Gasteiger partial charge is 0.122 e. The van der Waals surface area contributed by atoms with E-state index in [1.54, 1.807) is 14.2 Å². The lowest BCUT2D eigenvalue weighted by Crippen LogP contribution is -1.99. The first-order valence-corrected chi connectivity index (χ1v) is 7.66. The number of aliphatic hydroxyl groups is 1. The quantitative estimate of drug-likeness (QED) is 0.812. The normalized spacial score (nSPS) is 10.5. The minimum Gasteiger partial charge on any atom is -0.497 e. The lowest BCUT2D eigenvalue weighted by Gasteiger charge is -2.11. The van der Waals surface area contributed by atoms with Gasteiger partial charge in [-0.3, -0.25) is 0 Å². The van der Waals surface area contributed by atoms with Crippen molar-refractivity contribution < 1.29 is 14.6 Å². The summed E-state index contributed by atoms with van der Waals surface area (Å²) in [6.45, 7) is 0.238. The van der Waals surface area contributed by atoms with Crippen molar-refractivity contribution in [3.8, 4) is 11.5 Å². The molecule has 0 heterocycles. The molecule has 3 nitrogen and oxygen atoms in total. The van der Waals surface area contributed by atoms with E-state index >= 15 is 0 Å². The van der Waals surface area contributed by atoms with Crippen molar-refractivity contribution in [1.82, 2.24) is 0 Å². The van der Waals surface area contributed by atoms with Crippen LogP contribution >= 0.6 is 0 Å². The number of hydrogen-bond acceptors (Lipinski definition) is 3. The van der Waals surface area contributed by atoms with Crippen LogP contribution in [0, 0.1) is 0 Å². The van der Waals surface area contributed by atoms with Gasteiger partial charge in [-0.2, -0.15) is 0 Å². The molecule has 0 amide bonds. The number of aryl methyl sites for hydroxylation is 3. The third kappa shape index (κ3) is 4.50. The fourth-order valence-electron chi connectivity index (χ4n) is 2.60. The molecule has 0 fully saturated rings. The van der Waals surface area contributed by atoms with Crippen LogP contribution in [-0.2, 0) is 19.3 Å². The van der Waals surface area contributed by atoms with Crippen LogP contribution in [0.1, 0.15) is 23.1 Å². The van der Waals surface area contributed by atoms with Crippen LogP contribution in [0.2, 0.25) is 0 Å². The van der Waals surface area contributed by atoms with E-state index in [9.17, 15) is 0 Å². The maximum Gasteiger partial charge on any atom is 0.122 e. The third-order valence-electron chi connectivity index (χ3n) is 3.82. The highest BCUT2D eigenvalue weighted by molar-refractivity contribution is 5.39. The van der Waals surface area contributed by atoms with Gasteiger partial charge in [0.05, 0.1) is 14.2 Å². The number of methoxy groups -OCH3 is 2. The molecule has 22 heavy (non-hydrogen) atoms. The molecule has 0 saturated heterocycles. The summed E-state index contributed by atoms with van der Waals surface area (Å²) in [5.41, 5.74) is 3.87. The average molecular weight is 300 g/mol. The standard InChI is InChI=1S/C19H24O3/c1-21-18-12-15(13-19(14-18)22-2)9-10-17-7-4-3-6-16(17)8-5-11-20/h3-4,6-7,12-14,20H,5,8-11H2,1-2H3. The van der Waals surface area contributed by atoms with Gasteiger partial charge in [0.15, 0.2) is 0 Å². The summed E-state index contributed by atoms with van der Waals surface area (Å²) in [5.74, 6) is 1.64. The SMILES string of the molecule is COc1cc(CCc2ccccc2CCCO)cc(OC)c1. The van der Waals surface area contributed by atoms with Crippen LogP contribution in [0.5, 0.6) is 11.5 Å². The molecule has 1 N–H and O–H groups in total. The van der Waals surface area contributed by atoms with E-state index in [2.05, 4.69) is 36.4 Å². The Kier molecular flexibility index (Phi) is 6.28. The fraction of sp³-hybridized carbons (Fsp3) is 0.368. The number of aliphatic hydroxyl groups excluding tert-OH is 1. The van der Waals surface area contributed by atoms with E-state index in [1.165, 1.54) is 16.7 Å². The molecule has 2 aromatic carbocycles. The summed E-state index contributed by atoms with van der Waals surface area (Å²) in [6.07, 6.45) is 3.64. The predicted molar refractivity (Wildman–Crippen MR) is 88.8 cm³/mol. The van der Waals surface area contributed by atoms with Crippen LogP contribution in [0.3, 0.4) is 0 Å². The zero-order valence-electron chi connectivity index (χ0n) is 13.3. The average Bonchev–Trinajstić information content (AvgIpc) is 2.58. The summed E-state index contributed by atoms with van der Waals surface area (Å²) >= 11 is 0. The Morgan fingerprint density at radius 2 is 1.41 bits per heavy atom. The van der Waals surface area contributed by atoms with Crippen molar-refractivity contribution in [3.63, 3.8) is 0 Å². The number of benzene rings is 2. The highest BCUT2D eigenvalue weighted by Crippen LogP contribution is 2.24. The number of ether oxygens (including phenoxy) is 2. The van der Waals surface area contributed by atoms with Gasteiger partial charge in [-0.25, -0.2) is 0 Å². The van der Waals surface area contributed by atoms with Gasteiger partial charge in [0.25, 0.3) is 0 Å². The molecule has 0 spiro atoms. The van der Waals surface area contributed by atoms with E-state index in [1.807, 2.05) is 6.07 Å². The van der Waals surface area contributed by atoms with Gasteiger partial charge in [-0.05, 0) is 54.5 Å². The zero-order chi connectivity index (χ0) is 15.8. The van der Waals surface area contributed by atoms with Gasteiger partial charge in [-0.1, -0.05) is 24.3 Å². The first-order chi connectivity index (χ1) is 10.8. The maximum atomic E-state index is 9.01. The fourth-order valence-corrected chi connectivity index (χ4v) is 2.60. The van der Waals surface area contributed by atoms with Crippen LogP contribution < -0.4 is 9.47 Å². The van der Waals surface area contributed by atoms with Gasteiger partial charge in [-0.15, -0.1) is 0 Å². The van der Waals surface area contributed by atoms with Gasteiger partial charge in [0.2, 0.25) is 0 Å². The molecule has 2 aromatic rings. The van der Waals surface area contributed by atoms with Gasteiger partial charge in [0, 0.05) is 12.7 Å². The molecule has 2 rings (SSSR count). The minimum absolute atomic E-state index is 0.238. The Morgan fingerprint density at radius 3 is 1.95 bits per heavy atom. The second-order valence-corrected chi connectivity index (χ2v) is 5.32. The Hall–Kier alpha value is -2.00.